The molecule has 1 heterocycles. The summed E-state index contributed by atoms with van der Waals surface area (Å²) in [5, 5.41) is 5.66. The quantitative estimate of drug-likeness (QED) is 0.785. The van der Waals surface area contributed by atoms with E-state index in [0.717, 1.165) is 6.54 Å². The Morgan fingerprint density at radius 2 is 2.47 bits per heavy atom. The Morgan fingerprint density at radius 3 is 3.00 bits per heavy atom. The van der Waals surface area contributed by atoms with Gasteiger partial charge >= 0.3 is 0 Å². The van der Waals surface area contributed by atoms with Crippen molar-refractivity contribution in [1.29, 1.82) is 0 Å². The van der Waals surface area contributed by atoms with Crippen LogP contribution in [0.5, 0.6) is 0 Å². The minimum absolute atomic E-state index is 0.474. The number of thiophene rings is 1. The van der Waals surface area contributed by atoms with E-state index < -0.39 is 0 Å². The lowest BCUT2D eigenvalue weighted by Crippen LogP contribution is -2.22. The zero-order valence-corrected chi connectivity index (χ0v) is 10.9. The van der Waals surface area contributed by atoms with Crippen LogP contribution in [-0.4, -0.2) is 6.54 Å². The van der Waals surface area contributed by atoms with Crippen molar-refractivity contribution in [2.75, 3.05) is 6.54 Å². The summed E-state index contributed by atoms with van der Waals surface area (Å²) in [6.45, 7) is 5.12. The van der Waals surface area contributed by atoms with Crippen LogP contribution in [0.3, 0.4) is 0 Å². The average molecular weight is 244 g/mol. The summed E-state index contributed by atoms with van der Waals surface area (Å²) in [5.74, 6) is 0. The second-order valence-corrected chi connectivity index (χ2v) is 4.89. The molecule has 0 saturated heterocycles. The first-order valence-electron chi connectivity index (χ1n) is 5.30. The molecule has 0 aromatic carbocycles. The van der Waals surface area contributed by atoms with Gasteiger partial charge in [0.15, 0.2) is 0 Å². The van der Waals surface area contributed by atoms with Gasteiger partial charge in [0.05, 0.1) is 0 Å². The molecule has 0 radical (unpaired) electrons. The lowest BCUT2D eigenvalue weighted by atomic mass is 10.1. The molecule has 1 rings (SSSR count). The van der Waals surface area contributed by atoms with E-state index in [9.17, 15) is 0 Å². The molecule has 1 aromatic heterocycles. The molecule has 1 N–H and O–H groups in total. The van der Waals surface area contributed by atoms with Crippen molar-refractivity contribution < 1.29 is 0 Å². The number of hydrogen-bond acceptors (Lipinski definition) is 2. The molecule has 1 unspecified atom stereocenters. The van der Waals surface area contributed by atoms with Gasteiger partial charge in [-0.2, -0.15) is 0 Å². The highest BCUT2D eigenvalue weighted by molar-refractivity contribution is 7.10. The number of hydrogen-bond donors (Lipinski definition) is 1. The van der Waals surface area contributed by atoms with Crippen LogP contribution in [0.25, 0.3) is 0 Å². The van der Waals surface area contributed by atoms with Gasteiger partial charge in [0, 0.05) is 23.0 Å². The van der Waals surface area contributed by atoms with Crippen molar-refractivity contribution in [2.24, 2.45) is 0 Å². The Morgan fingerprint density at radius 1 is 1.67 bits per heavy atom. The molecular formula is C12H18ClNS. The predicted molar refractivity (Wildman–Crippen MR) is 69.6 cm³/mol. The van der Waals surface area contributed by atoms with Crippen LogP contribution in [-0.2, 0) is 0 Å². The van der Waals surface area contributed by atoms with Crippen LogP contribution in [0.2, 0.25) is 0 Å². The second-order valence-electron chi connectivity index (χ2n) is 3.69. The van der Waals surface area contributed by atoms with Crippen LogP contribution in [0, 0.1) is 0 Å². The summed E-state index contributed by atoms with van der Waals surface area (Å²) in [6.07, 6.45) is 2.37. The SMILES string of the molecule is CCCC(NC/C(C)=C/Cl)c1cccs1. The molecule has 0 fully saturated rings. The van der Waals surface area contributed by atoms with Gasteiger partial charge in [0.1, 0.15) is 0 Å². The van der Waals surface area contributed by atoms with Gasteiger partial charge in [-0.05, 0) is 30.4 Å². The fourth-order valence-corrected chi connectivity index (χ4v) is 2.36. The molecule has 0 aliphatic rings. The van der Waals surface area contributed by atoms with E-state index in [4.69, 9.17) is 11.6 Å². The van der Waals surface area contributed by atoms with Crippen molar-refractivity contribution in [1.82, 2.24) is 5.32 Å². The Balaban J connectivity index is 2.52. The van der Waals surface area contributed by atoms with E-state index in [1.807, 2.05) is 18.3 Å². The van der Waals surface area contributed by atoms with E-state index in [2.05, 4.69) is 29.8 Å². The van der Waals surface area contributed by atoms with E-state index in [1.54, 1.807) is 5.54 Å². The molecule has 1 aromatic rings. The molecule has 15 heavy (non-hydrogen) atoms. The molecule has 0 saturated carbocycles. The van der Waals surface area contributed by atoms with Gasteiger partial charge in [-0.25, -0.2) is 0 Å². The van der Waals surface area contributed by atoms with Gasteiger partial charge < -0.3 is 5.32 Å². The molecule has 0 bridgehead atoms. The highest BCUT2D eigenvalue weighted by Gasteiger charge is 2.10. The van der Waals surface area contributed by atoms with Crippen molar-refractivity contribution in [2.45, 2.75) is 32.7 Å². The van der Waals surface area contributed by atoms with Crippen molar-refractivity contribution in [3.05, 3.63) is 33.5 Å². The first-order valence-corrected chi connectivity index (χ1v) is 6.62. The topological polar surface area (TPSA) is 12.0 Å². The van der Waals surface area contributed by atoms with E-state index in [-0.39, 0.29) is 0 Å². The van der Waals surface area contributed by atoms with Crippen LogP contribution < -0.4 is 5.32 Å². The van der Waals surface area contributed by atoms with Crippen molar-refractivity contribution >= 4 is 22.9 Å². The smallest absolute Gasteiger partial charge is 0.0417 e. The zero-order valence-electron chi connectivity index (χ0n) is 9.29. The maximum absolute atomic E-state index is 5.64. The lowest BCUT2D eigenvalue weighted by Gasteiger charge is -2.16. The van der Waals surface area contributed by atoms with E-state index >= 15 is 0 Å². The first kappa shape index (κ1) is 12.8. The van der Waals surface area contributed by atoms with Crippen LogP contribution >= 0.6 is 22.9 Å². The van der Waals surface area contributed by atoms with Gasteiger partial charge in [-0.1, -0.05) is 31.0 Å². The standard InChI is InChI=1S/C12H18ClNS/c1-3-5-11(12-6-4-7-15-12)14-9-10(2)8-13/h4,6-8,11,14H,3,5,9H2,1-2H3/b10-8+. The third-order valence-electron chi connectivity index (χ3n) is 2.28. The van der Waals surface area contributed by atoms with Crippen LogP contribution in [0.1, 0.15) is 37.6 Å². The lowest BCUT2D eigenvalue weighted by molar-refractivity contribution is 0.522. The second kappa shape index (κ2) is 7.04. The molecule has 0 aliphatic carbocycles. The normalized spacial score (nSPS) is 14.2. The summed E-state index contributed by atoms with van der Waals surface area (Å²) >= 11 is 7.45. The number of rotatable bonds is 6. The minimum Gasteiger partial charge on any atom is -0.305 e. The largest absolute Gasteiger partial charge is 0.305 e. The first-order chi connectivity index (χ1) is 7.27. The average Bonchev–Trinajstić information content (AvgIpc) is 2.76. The maximum Gasteiger partial charge on any atom is 0.0417 e. The fourth-order valence-electron chi connectivity index (χ4n) is 1.45. The van der Waals surface area contributed by atoms with E-state index in [0.29, 0.717) is 6.04 Å². The van der Waals surface area contributed by atoms with Gasteiger partial charge in [0.25, 0.3) is 0 Å². The molecule has 0 amide bonds. The molecule has 1 nitrogen and oxygen atoms in total. The summed E-state index contributed by atoms with van der Waals surface area (Å²) in [5.41, 5.74) is 2.82. The monoisotopic (exact) mass is 243 g/mol. The number of halogens is 1. The van der Waals surface area contributed by atoms with Gasteiger partial charge in [0.2, 0.25) is 0 Å². The third-order valence-corrected chi connectivity index (χ3v) is 3.64. The molecular weight excluding hydrogens is 226 g/mol. The molecule has 1 atom stereocenters. The summed E-state index contributed by atoms with van der Waals surface area (Å²) in [6, 6.07) is 4.77. The van der Waals surface area contributed by atoms with Crippen LogP contribution in [0.15, 0.2) is 28.6 Å². The van der Waals surface area contributed by atoms with Crippen molar-refractivity contribution in [3.63, 3.8) is 0 Å². The molecule has 3 heteroatoms. The Kier molecular flexibility index (Phi) is 5.99. The highest BCUT2D eigenvalue weighted by Crippen LogP contribution is 2.23. The zero-order chi connectivity index (χ0) is 11.1. The van der Waals surface area contributed by atoms with Gasteiger partial charge in [-0.3, -0.25) is 0 Å². The van der Waals surface area contributed by atoms with Crippen molar-refractivity contribution in [3.8, 4) is 0 Å². The van der Waals surface area contributed by atoms with Crippen LogP contribution in [0.4, 0.5) is 0 Å². The van der Waals surface area contributed by atoms with Gasteiger partial charge in [-0.15, -0.1) is 11.3 Å². The Bertz CT molecular complexity index is 293. The Hall–Kier alpha value is -0.310. The summed E-state index contributed by atoms with van der Waals surface area (Å²) in [4.78, 5) is 1.42. The predicted octanol–water partition coefficient (Wildman–Crippen LogP) is 4.32. The summed E-state index contributed by atoms with van der Waals surface area (Å²) in [7, 11) is 0. The van der Waals surface area contributed by atoms with E-state index in [1.165, 1.54) is 23.3 Å². The number of nitrogens with one attached hydrogen (secondary N) is 1. The summed E-state index contributed by atoms with van der Waals surface area (Å²) < 4.78 is 0. The maximum atomic E-state index is 5.64. The Labute approximate surface area is 101 Å². The minimum atomic E-state index is 0.474. The highest BCUT2D eigenvalue weighted by atomic mass is 35.5. The molecule has 0 spiro atoms. The molecule has 0 aliphatic heterocycles. The third kappa shape index (κ3) is 4.37. The molecule has 84 valence electrons. The fraction of sp³-hybridized carbons (Fsp3) is 0.500.